The molecule has 0 unspecified atom stereocenters. The Bertz CT molecular complexity index is 1490. The molecule has 0 amide bonds. The first-order chi connectivity index (χ1) is 18.7. The van der Waals surface area contributed by atoms with Gasteiger partial charge in [-0.1, -0.05) is 36.4 Å². The van der Waals surface area contributed by atoms with Crippen LogP contribution >= 0.6 is 0 Å². The topological polar surface area (TPSA) is 94.4 Å². The molecular formula is C29H29F3N4O3. The number of hydrogen-bond donors (Lipinski definition) is 3. The normalized spacial score (nSPS) is 18.1. The second kappa shape index (κ2) is 10.7. The van der Waals surface area contributed by atoms with Gasteiger partial charge in [-0.25, -0.2) is 0 Å². The van der Waals surface area contributed by atoms with Crippen LogP contribution in [0.2, 0.25) is 0 Å². The third-order valence-corrected chi connectivity index (χ3v) is 7.54. The molecule has 5 rings (SSSR count). The van der Waals surface area contributed by atoms with Crippen molar-refractivity contribution in [1.29, 1.82) is 0 Å². The van der Waals surface area contributed by atoms with E-state index in [0.717, 1.165) is 35.5 Å². The molecule has 1 aliphatic heterocycles. The van der Waals surface area contributed by atoms with E-state index in [4.69, 9.17) is 0 Å². The van der Waals surface area contributed by atoms with Gasteiger partial charge in [-0.05, 0) is 54.8 Å². The van der Waals surface area contributed by atoms with Gasteiger partial charge in [0.15, 0.2) is 0 Å². The van der Waals surface area contributed by atoms with Crippen LogP contribution in [0, 0.1) is 15.5 Å². The van der Waals surface area contributed by atoms with Gasteiger partial charge in [-0.2, -0.15) is 13.2 Å². The van der Waals surface area contributed by atoms with Crippen LogP contribution in [-0.2, 0) is 25.7 Å². The Labute approximate surface area is 223 Å². The third kappa shape index (κ3) is 5.91. The molecule has 0 spiro atoms. The van der Waals surface area contributed by atoms with E-state index < -0.39 is 28.7 Å². The highest BCUT2D eigenvalue weighted by Crippen LogP contribution is 2.38. The number of halogens is 3. The summed E-state index contributed by atoms with van der Waals surface area (Å²) < 4.78 is 40.2. The summed E-state index contributed by atoms with van der Waals surface area (Å²) in [4.78, 5) is 16.5. The van der Waals surface area contributed by atoms with Gasteiger partial charge in [0.25, 0.3) is 5.69 Å². The molecule has 2 heterocycles. The molecule has 0 aliphatic carbocycles. The first-order valence-electron chi connectivity index (χ1n) is 12.7. The minimum atomic E-state index is -4.42. The lowest BCUT2D eigenvalue weighted by Crippen LogP contribution is -2.35. The number of anilines is 1. The number of hydrogen-bond acceptors (Lipinski definition) is 5. The molecule has 7 nitrogen and oxygen atoms in total. The highest BCUT2D eigenvalue weighted by molar-refractivity contribution is 5.83. The van der Waals surface area contributed by atoms with Crippen molar-refractivity contribution in [3.63, 3.8) is 0 Å². The Hall–Kier alpha value is -3.89. The number of alkyl halides is 3. The van der Waals surface area contributed by atoms with Crippen molar-refractivity contribution in [1.82, 2.24) is 9.88 Å². The number of H-pyrrole nitrogens is 1. The number of aliphatic hydroxyl groups is 1. The van der Waals surface area contributed by atoms with E-state index in [-0.39, 0.29) is 11.3 Å². The van der Waals surface area contributed by atoms with Crippen LogP contribution < -0.4 is 5.32 Å². The molecule has 4 aromatic rings. The summed E-state index contributed by atoms with van der Waals surface area (Å²) in [5, 5.41) is 25.3. The Balaban J connectivity index is 1.40. The van der Waals surface area contributed by atoms with Crippen molar-refractivity contribution in [3.05, 3.63) is 105 Å². The summed E-state index contributed by atoms with van der Waals surface area (Å²) in [6, 6.07) is 18.1. The van der Waals surface area contributed by atoms with Crippen molar-refractivity contribution in [2.45, 2.75) is 32.2 Å². The van der Waals surface area contributed by atoms with E-state index in [2.05, 4.69) is 21.3 Å². The van der Waals surface area contributed by atoms with Crippen molar-refractivity contribution < 1.29 is 23.2 Å². The predicted molar refractivity (Wildman–Crippen MR) is 143 cm³/mol. The van der Waals surface area contributed by atoms with Crippen LogP contribution in [0.3, 0.4) is 0 Å². The SMILES string of the molecule is O=[N+]([O-])c1cc(NC[C@@]2(Cc3cccc(C(F)(F)F)c3)CCN(Cc3c[nH]c4ccccc34)C2)ccc1CO. The second-order valence-corrected chi connectivity index (χ2v) is 10.3. The smallest absolute Gasteiger partial charge is 0.391 e. The first kappa shape index (κ1) is 26.7. The number of benzene rings is 3. The van der Waals surface area contributed by atoms with Crippen LogP contribution in [-0.4, -0.2) is 39.5 Å². The fourth-order valence-electron chi connectivity index (χ4n) is 5.57. The van der Waals surface area contributed by atoms with E-state index in [0.29, 0.717) is 37.3 Å². The maximum atomic E-state index is 13.4. The minimum absolute atomic E-state index is 0.179. The molecule has 1 aliphatic rings. The van der Waals surface area contributed by atoms with Gasteiger partial charge < -0.3 is 15.4 Å². The van der Waals surface area contributed by atoms with Gasteiger partial charge in [-0.15, -0.1) is 0 Å². The zero-order valence-corrected chi connectivity index (χ0v) is 21.2. The quantitative estimate of drug-likeness (QED) is 0.176. The molecule has 3 aromatic carbocycles. The van der Waals surface area contributed by atoms with Gasteiger partial charge in [0, 0.05) is 53.9 Å². The number of rotatable bonds is 9. The number of nitrogens with one attached hydrogen (secondary N) is 2. The number of nitro groups is 1. The van der Waals surface area contributed by atoms with Crippen molar-refractivity contribution in [2.24, 2.45) is 5.41 Å². The Morgan fingerprint density at radius 2 is 1.90 bits per heavy atom. The molecule has 1 atom stereocenters. The molecule has 1 saturated heterocycles. The van der Waals surface area contributed by atoms with Crippen LogP contribution in [0.4, 0.5) is 24.5 Å². The average Bonchev–Trinajstić information content (AvgIpc) is 3.51. The molecule has 204 valence electrons. The van der Waals surface area contributed by atoms with Gasteiger partial charge in [0.2, 0.25) is 0 Å². The Kier molecular flexibility index (Phi) is 7.33. The summed E-state index contributed by atoms with van der Waals surface area (Å²) in [6.07, 6.45) is -1.26. The van der Waals surface area contributed by atoms with Crippen molar-refractivity contribution in [2.75, 3.05) is 25.0 Å². The molecule has 0 bridgehead atoms. The van der Waals surface area contributed by atoms with Gasteiger partial charge in [-0.3, -0.25) is 15.0 Å². The van der Waals surface area contributed by atoms with Crippen LogP contribution in [0.5, 0.6) is 0 Å². The number of aromatic amines is 1. The fraction of sp³-hybridized carbons (Fsp3) is 0.310. The number of para-hydroxylation sites is 1. The molecule has 10 heteroatoms. The standard InChI is InChI=1S/C29H29F3N4O3/c30-29(31,32)23-5-3-4-20(12-23)14-28(18-34-24-9-8-21(17-37)27(13-24)36(38)39)10-11-35(19-28)16-22-15-33-26-7-2-1-6-25(22)26/h1-9,12-13,15,33-34,37H,10-11,14,16-19H2/t28-/m0/s1. The lowest BCUT2D eigenvalue weighted by Gasteiger charge is -2.31. The second-order valence-electron chi connectivity index (χ2n) is 10.3. The first-order valence-corrected chi connectivity index (χ1v) is 12.7. The van der Waals surface area contributed by atoms with Crippen molar-refractivity contribution >= 4 is 22.3 Å². The fourth-order valence-corrected chi connectivity index (χ4v) is 5.57. The number of likely N-dealkylation sites (tertiary alicyclic amines) is 1. The molecular weight excluding hydrogens is 509 g/mol. The lowest BCUT2D eigenvalue weighted by molar-refractivity contribution is -0.385. The zero-order valence-electron chi connectivity index (χ0n) is 21.2. The lowest BCUT2D eigenvalue weighted by atomic mass is 9.80. The minimum Gasteiger partial charge on any atom is -0.391 e. The molecule has 0 saturated carbocycles. The number of nitrogens with zero attached hydrogens (tertiary/aromatic N) is 2. The highest BCUT2D eigenvalue weighted by atomic mass is 19.4. The Morgan fingerprint density at radius 1 is 1.08 bits per heavy atom. The molecule has 0 radical (unpaired) electrons. The van der Waals surface area contributed by atoms with Crippen LogP contribution in [0.25, 0.3) is 10.9 Å². The summed E-state index contributed by atoms with van der Waals surface area (Å²) >= 11 is 0. The predicted octanol–water partition coefficient (Wildman–Crippen LogP) is 6.13. The third-order valence-electron chi connectivity index (χ3n) is 7.54. The Morgan fingerprint density at radius 3 is 2.67 bits per heavy atom. The zero-order chi connectivity index (χ0) is 27.6. The van der Waals surface area contributed by atoms with Gasteiger partial charge in [0.1, 0.15) is 0 Å². The van der Waals surface area contributed by atoms with E-state index in [1.54, 1.807) is 12.1 Å². The van der Waals surface area contributed by atoms with Crippen LogP contribution in [0.1, 0.15) is 28.7 Å². The summed E-state index contributed by atoms with van der Waals surface area (Å²) in [5.74, 6) is 0. The highest BCUT2D eigenvalue weighted by Gasteiger charge is 2.39. The number of aliphatic hydroxyl groups excluding tert-OH is 1. The maximum Gasteiger partial charge on any atom is 0.416 e. The average molecular weight is 539 g/mol. The molecule has 39 heavy (non-hydrogen) atoms. The van der Waals surface area contributed by atoms with E-state index in [1.165, 1.54) is 24.3 Å². The van der Waals surface area contributed by atoms with Gasteiger partial charge in [0.05, 0.1) is 22.7 Å². The molecule has 1 aromatic heterocycles. The van der Waals surface area contributed by atoms with E-state index in [9.17, 15) is 28.4 Å². The van der Waals surface area contributed by atoms with Gasteiger partial charge >= 0.3 is 6.18 Å². The van der Waals surface area contributed by atoms with Crippen LogP contribution in [0.15, 0.2) is 72.9 Å². The van der Waals surface area contributed by atoms with E-state index >= 15 is 0 Å². The molecule has 3 N–H and O–H groups in total. The van der Waals surface area contributed by atoms with E-state index in [1.807, 2.05) is 24.4 Å². The summed E-state index contributed by atoms with van der Waals surface area (Å²) in [7, 11) is 0. The summed E-state index contributed by atoms with van der Waals surface area (Å²) in [5.41, 5.74) is 2.30. The largest absolute Gasteiger partial charge is 0.416 e. The monoisotopic (exact) mass is 538 g/mol. The summed E-state index contributed by atoms with van der Waals surface area (Å²) in [6.45, 7) is 2.09. The number of nitro benzene ring substituents is 1. The number of aromatic nitrogens is 1. The van der Waals surface area contributed by atoms with Crippen molar-refractivity contribution in [3.8, 4) is 0 Å². The maximum absolute atomic E-state index is 13.4. The molecule has 1 fully saturated rings. The number of fused-ring (bicyclic) bond motifs is 1.